The number of halogens is 1. The number of thioether (sulfide) groups is 1. The second-order valence-corrected chi connectivity index (χ2v) is 10.0. The maximum absolute atomic E-state index is 13.1. The Morgan fingerprint density at radius 2 is 1.71 bits per heavy atom. The van der Waals surface area contributed by atoms with Gasteiger partial charge in [0.05, 0.1) is 11.4 Å². The first kappa shape index (κ1) is 24.3. The summed E-state index contributed by atoms with van der Waals surface area (Å²) in [6.07, 6.45) is 1.79. The molecular formula is C27H24ClNO3S2. The molecule has 1 heterocycles. The Morgan fingerprint density at radius 1 is 0.971 bits per heavy atom. The summed E-state index contributed by atoms with van der Waals surface area (Å²) >= 11 is 13.0. The average molecular weight is 510 g/mol. The third-order valence-electron chi connectivity index (χ3n) is 5.26. The van der Waals surface area contributed by atoms with Crippen molar-refractivity contribution in [2.45, 2.75) is 20.4 Å². The predicted molar refractivity (Wildman–Crippen MR) is 144 cm³/mol. The van der Waals surface area contributed by atoms with E-state index in [1.807, 2.05) is 56.3 Å². The third-order valence-corrected chi connectivity index (χ3v) is 6.87. The highest BCUT2D eigenvalue weighted by Gasteiger charge is 2.32. The van der Waals surface area contributed by atoms with E-state index in [-0.39, 0.29) is 5.91 Å². The van der Waals surface area contributed by atoms with Crippen molar-refractivity contribution in [1.82, 2.24) is 4.90 Å². The van der Waals surface area contributed by atoms with Crippen LogP contribution in [0.15, 0.2) is 71.6 Å². The van der Waals surface area contributed by atoms with Gasteiger partial charge in [0.25, 0.3) is 5.91 Å². The first-order chi connectivity index (χ1) is 16.4. The van der Waals surface area contributed by atoms with Crippen LogP contribution in [0.5, 0.6) is 11.5 Å². The number of nitrogens with zero attached hydrogens (tertiary/aromatic N) is 1. The van der Waals surface area contributed by atoms with E-state index in [9.17, 15) is 4.79 Å². The second kappa shape index (κ2) is 11.1. The van der Waals surface area contributed by atoms with E-state index >= 15 is 0 Å². The number of aryl methyl sites for hydroxylation is 2. The fourth-order valence-electron chi connectivity index (χ4n) is 3.47. The molecule has 0 atom stereocenters. The molecule has 3 aromatic carbocycles. The minimum atomic E-state index is -0.122. The van der Waals surface area contributed by atoms with Crippen molar-refractivity contribution < 1.29 is 14.3 Å². The fourth-order valence-corrected chi connectivity index (χ4v) is 4.90. The van der Waals surface area contributed by atoms with Gasteiger partial charge >= 0.3 is 0 Å². The smallest absolute Gasteiger partial charge is 0.266 e. The van der Waals surface area contributed by atoms with Crippen molar-refractivity contribution in [3.8, 4) is 11.5 Å². The summed E-state index contributed by atoms with van der Waals surface area (Å²) in [5.74, 6) is 1.35. The zero-order chi connectivity index (χ0) is 24.1. The Balaban J connectivity index is 1.45. The van der Waals surface area contributed by atoms with Crippen LogP contribution in [0.25, 0.3) is 6.08 Å². The van der Waals surface area contributed by atoms with E-state index < -0.39 is 0 Å². The summed E-state index contributed by atoms with van der Waals surface area (Å²) in [4.78, 5) is 15.2. The minimum absolute atomic E-state index is 0.122. The molecule has 0 spiro atoms. The van der Waals surface area contributed by atoms with Gasteiger partial charge in [-0.3, -0.25) is 9.69 Å². The lowest BCUT2D eigenvalue weighted by Gasteiger charge is -2.14. The first-order valence-corrected chi connectivity index (χ1v) is 12.4. The van der Waals surface area contributed by atoms with Gasteiger partial charge in [0.15, 0.2) is 0 Å². The number of ether oxygens (including phenoxy) is 2. The van der Waals surface area contributed by atoms with Crippen LogP contribution >= 0.6 is 35.6 Å². The molecule has 0 N–H and O–H groups in total. The summed E-state index contributed by atoms with van der Waals surface area (Å²) in [5.41, 5.74) is 3.97. The van der Waals surface area contributed by atoms with Gasteiger partial charge in [-0.1, -0.05) is 78.0 Å². The molecule has 0 unspecified atom stereocenters. The quantitative estimate of drug-likeness (QED) is 0.189. The van der Waals surface area contributed by atoms with Crippen LogP contribution in [0.3, 0.4) is 0 Å². The zero-order valence-electron chi connectivity index (χ0n) is 18.9. The Kier molecular flexibility index (Phi) is 7.93. The van der Waals surface area contributed by atoms with E-state index in [2.05, 4.69) is 6.07 Å². The lowest BCUT2D eigenvalue weighted by atomic mass is 10.1. The maximum atomic E-state index is 13.1. The highest BCUT2D eigenvalue weighted by atomic mass is 35.5. The Labute approximate surface area is 214 Å². The van der Waals surface area contributed by atoms with Crippen molar-refractivity contribution >= 4 is 51.9 Å². The highest BCUT2D eigenvalue weighted by molar-refractivity contribution is 8.26. The highest BCUT2D eigenvalue weighted by Crippen LogP contribution is 2.36. The number of benzene rings is 3. The van der Waals surface area contributed by atoms with Crippen molar-refractivity contribution in [2.24, 2.45) is 0 Å². The molecule has 3 aromatic rings. The molecule has 1 aliphatic rings. The fraction of sp³-hybridized carbons (Fsp3) is 0.185. The average Bonchev–Trinajstić information content (AvgIpc) is 3.08. The molecule has 174 valence electrons. The van der Waals surface area contributed by atoms with Gasteiger partial charge in [0, 0.05) is 10.6 Å². The van der Waals surface area contributed by atoms with Crippen molar-refractivity contribution in [2.75, 3.05) is 13.2 Å². The Bertz CT molecular complexity index is 1240. The van der Waals surface area contributed by atoms with Crippen LogP contribution < -0.4 is 9.47 Å². The number of amides is 1. The number of hydrogen-bond acceptors (Lipinski definition) is 5. The number of carbonyl (C=O) groups is 1. The van der Waals surface area contributed by atoms with Crippen molar-refractivity contribution in [3.05, 3.63) is 98.9 Å². The lowest BCUT2D eigenvalue weighted by Crippen LogP contribution is -2.27. The van der Waals surface area contributed by atoms with Crippen LogP contribution in [0.2, 0.25) is 5.02 Å². The van der Waals surface area contributed by atoms with Gasteiger partial charge < -0.3 is 9.47 Å². The monoisotopic (exact) mass is 509 g/mol. The van der Waals surface area contributed by atoms with Crippen LogP contribution in [0.4, 0.5) is 0 Å². The van der Waals surface area contributed by atoms with Gasteiger partial charge in [0.2, 0.25) is 0 Å². The molecule has 1 saturated heterocycles. The molecular weight excluding hydrogens is 486 g/mol. The van der Waals surface area contributed by atoms with E-state index in [1.54, 1.807) is 29.2 Å². The predicted octanol–water partition coefficient (Wildman–Crippen LogP) is 6.82. The minimum Gasteiger partial charge on any atom is -0.490 e. The summed E-state index contributed by atoms with van der Waals surface area (Å²) in [6, 6.07) is 21.3. The van der Waals surface area contributed by atoms with E-state index in [4.69, 9.17) is 33.3 Å². The molecule has 1 fully saturated rings. The summed E-state index contributed by atoms with van der Waals surface area (Å²) in [7, 11) is 0. The molecule has 0 aromatic heterocycles. The molecule has 1 amide bonds. The van der Waals surface area contributed by atoms with Gasteiger partial charge in [0.1, 0.15) is 29.0 Å². The van der Waals surface area contributed by atoms with Crippen molar-refractivity contribution in [1.29, 1.82) is 0 Å². The van der Waals surface area contributed by atoms with Crippen LogP contribution in [0.1, 0.15) is 22.3 Å². The molecule has 4 rings (SSSR count). The number of carbonyl (C=O) groups excluding carboxylic acids is 1. The molecule has 7 heteroatoms. The van der Waals surface area contributed by atoms with Crippen LogP contribution in [-0.2, 0) is 11.3 Å². The van der Waals surface area contributed by atoms with Crippen LogP contribution in [0, 0.1) is 13.8 Å². The van der Waals surface area contributed by atoms with E-state index in [0.717, 1.165) is 28.0 Å². The molecule has 0 radical (unpaired) electrons. The normalized spacial score (nSPS) is 14.7. The summed E-state index contributed by atoms with van der Waals surface area (Å²) in [6.45, 7) is 5.24. The second-order valence-electron chi connectivity index (χ2n) is 7.90. The zero-order valence-corrected chi connectivity index (χ0v) is 21.3. The van der Waals surface area contributed by atoms with Gasteiger partial charge in [-0.25, -0.2) is 0 Å². The molecule has 4 nitrogen and oxygen atoms in total. The lowest BCUT2D eigenvalue weighted by molar-refractivity contribution is -0.122. The standard InChI is InChI=1S/C27H24ClNO3S2/c1-18-8-9-19(2)24(14-18)32-13-12-31-23-11-10-22(28)15-21(23)16-25-26(30)29(27(33)34-25)17-20-6-4-3-5-7-20/h3-11,14-16H,12-13,17H2,1-2H3/b25-16-. The molecule has 0 saturated carbocycles. The van der Waals surface area contributed by atoms with Gasteiger partial charge in [-0.2, -0.15) is 0 Å². The number of thiocarbonyl (C=S) groups is 1. The summed E-state index contributed by atoms with van der Waals surface area (Å²) < 4.78 is 12.4. The Morgan fingerprint density at radius 3 is 2.47 bits per heavy atom. The molecule has 1 aliphatic heterocycles. The first-order valence-electron chi connectivity index (χ1n) is 10.8. The van der Waals surface area contributed by atoms with Gasteiger partial charge in [-0.05, 0) is 60.9 Å². The SMILES string of the molecule is Cc1ccc(C)c(OCCOc2ccc(Cl)cc2/C=C2\SC(=S)N(Cc3ccccc3)C2=O)c1. The summed E-state index contributed by atoms with van der Waals surface area (Å²) in [5, 5.41) is 0.560. The number of hydrogen-bond donors (Lipinski definition) is 0. The molecule has 0 aliphatic carbocycles. The third kappa shape index (κ3) is 6.00. The van der Waals surface area contributed by atoms with Crippen LogP contribution in [-0.4, -0.2) is 28.3 Å². The van der Waals surface area contributed by atoms with Crippen molar-refractivity contribution in [3.63, 3.8) is 0 Å². The molecule has 0 bridgehead atoms. The topological polar surface area (TPSA) is 38.8 Å². The maximum Gasteiger partial charge on any atom is 0.266 e. The van der Waals surface area contributed by atoms with E-state index in [0.29, 0.717) is 39.8 Å². The van der Waals surface area contributed by atoms with Gasteiger partial charge in [-0.15, -0.1) is 0 Å². The largest absolute Gasteiger partial charge is 0.490 e. The number of rotatable bonds is 8. The Hall–Kier alpha value is -2.80. The van der Waals surface area contributed by atoms with E-state index in [1.165, 1.54) is 11.8 Å². The molecule has 34 heavy (non-hydrogen) atoms.